The monoisotopic (exact) mass is 542 g/mol. The number of carbonyl (C=O) groups excluding carboxylic acids is 2. The Morgan fingerprint density at radius 2 is 1.76 bits per heavy atom. The maximum Gasteiger partial charge on any atom is 0.349 e. The normalized spacial score (nSPS) is 23.0. The third-order valence-electron chi connectivity index (χ3n) is 7.65. The number of aliphatic hydroxyl groups is 1. The summed E-state index contributed by atoms with van der Waals surface area (Å²) in [5.41, 5.74) is -1.30. The summed E-state index contributed by atoms with van der Waals surface area (Å²) in [4.78, 5) is 26.4. The van der Waals surface area contributed by atoms with Crippen molar-refractivity contribution in [3.63, 3.8) is 0 Å². The van der Waals surface area contributed by atoms with E-state index in [9.17, 15) is 14.7 Å². The predicted octanol–water partition coefficient (Wildman–Crippen LogP) is 4.45. The van der Waals surface area contributed by atoms with Gasteiger partial charge >= 0.3 is 11.9 Å². The molecule has 0 radical (unpaired) electrons. The van der Waals surface area contributed by atoms with Gasteiger partial charge in [0.2, 0.25) is 5.60 Å². The molecular weight excluding hydrogens is 510 g/mol. The average Bonchev–Trinajstić information content (AvgIpc) is 3.67. The number of rotatable bonds is 10. The van der Waals surface area contributed by atoms with Crippen LogP contribution >= 0.6 is 22.7 Å². The molecule has 9 heteroatoms. The Kier molecular flexibility index (Phi) is 7.67. The van der Waals surface area contributed by atoms with Gasteiger partial charge < -0.3 is 23.8 Å². The van der Waals surface area contributed by atoms with Crippen LogP contribution in [-0.2, 0) is 19.9 Å². The van der Waals surface area contributed by atoms with Gasteiger partial charge in [-0.05, 0) is 41.1 Å². The summed E-state index contributed by atoms with van der Waals surface area (Å²) in [6.07, 6.45) is 2.66. The molecule has 7 nitrogen and oxygen atoms in total. The molecule has 0 aliphatic carbocycles. The molecule has 1 N–H and O–H groups in total. The lowest BCUT2D eigenvalue weighted by Crippen LogP contribution is -2.65. The van der Waals surface area contributed by atoms with Gasteiger partial charge in [0.05, 0.1) is 48.7 Å². The van der Waals surface area contributed by atoms with Crippen LogP contribution in [0.1, 0.15) is 39.4 Å². The van der Waals surface area contributed by atoms with Crippen molar-refractivity contribution >= 4 is 34.6 Å². The van der Waals surface area contributed by atoms with E-state index >= 15 is 0 Å². The molecule has 3 aliphatic rings. The number of thiophene rings is 2. The molecule has 196 valence electrons. The molecule has 1 atom stereocenters. The second-order valence-electron chi connectivity index (χ2n) is 9.86. The second-order valence-corrected chi connectivity index (χ2v) is 11.8. The number of hydrogen-bond acceptors (Lipinski definition) is 8. The van der Waals surface area contributed by atoms with Gasteiger partial charge in [0.1, 0.15) is 12.3 Å². The van der Waals surface area contributed by atoms with Gasteiger partial charge in [-0.15, -0.1) is 22.7 Å². The zero-order valence-electron chi connectivity index (χ0n) is 20.8. The summed E-state index contributed by atoms with van der Waals surface area (Å²) in [6, 6.07) is 14.3. The van der Waals surface area contributed by atoms with Crippen molar-refractivity contribution in [2.75, 3.05) is 39.9 Å². The first kappa shape index (κ1) is 25.9. The van der Waals surface area contributed by atoms with Crippen LogP contribution in [0.2, 0.25) is 0 Å². The third kappa shape index (κ3) is 5.31. The Morgan fingerprint density at radius 1 is 1.05 bits per heavy atom. The van der Waals surface area contributed by atoms with Crippen LogP contribution in [0.3, 0.4) is 0 Å². The molecule has 5 heterocycles. The van der Waals surface area contributed by atoms with Crippen LogP contribution in [0.25, 0.3) is 0 Å². The summed E-state index contributed by atoms with van der Waals surface area (Å²) in [5, 5.41) is 15.3. The lowest BCUT2D eigenvalue weighted by atomic mass is 9.83. The largest absolute Gasteiger partial charge is 0.493 e. The van der Waals surface area contributed by atoms with E-state index in [0.29, 0.717) is 33.6 Å². The predicted molar refractivity (Wildman–Crippen MR) is 142 cm³/mol. The number of hydrogen-bond donors (Lipinski definition) is 1. The average molecular weight is 543 g/mol. The quantitative estimate of drug-likeness (QED) is 0.232. The highest BCUT2D eigenvalue weighted by Gasteiger charge is 2.51. The molecule has 3 aromatic rings. The van der Waals surface area contributed by atoms with Crippen LogP contribution in [0.15, 0.2) is 59.3 Å². The number of nitrogens with zero attached hydrogens (tertiary/aromatic N) is 1. The molecule has 2 aromatic heterocycles. The minimum absolute atomic E-state index is 0.209. The fourth-order valence-corrected chi connectivity index (χ4v) is 7.32. The number of ether oxygens (including phenoxy) is 3. The van der Waals surface area contributed by atoms with Crippen LogP contribution in [0, 0.1) is 5.92 Å². The Bertz CT molecular complexity index is 1170. The molecule has 0 amide bonds. The number of fused-ring (bicyclic) bond motifs is 3. The first-order valence-electron chi connectivity index (χ1n) is 12.6. The van der Waals surface area contributed by atoms with E-state index in [0.717, 1.165) is 49.9 Å². The van der Waals surface area contributed by atoms with Crippen LogP contribution < -0.4 is 4.74 Å². The fourth-order valence-electron chi connectivity index (χ4n) is 5.60. The molecule has 6 rings (SSSR count). The summed E-state index contributed by atoms with van der Waals surface area (Å²) in [5.74, 6) is 0.0133. The van der Waals surface area contributed by atoms with Crippen LogP contribution in [0.5, 0.6) is 5.75 Å². The second kappa shape index (κ2) is 10.9. The highest BCUT2D eigenvalue weighted by Crippen LogP contribution is 2.40. The van der Waals surface area contributed by atoms with Gasteiger partial charge in [-0.3, -0.25) is 0 Å². The molecule has 3 saturated heterocycles. The summed E-state index contributed by atoms with van der Waals surface area (Å²) < 4.78 is 17.7. The number of benzene rings is 1. The molecule has 3 fully saturated rings. The number of esters is 2. The first-order chi connectivity index (χ1) is 17.9. The molecule has 0 saturated carbocycles. The van der Waals surface area contributed by atoms with Gasteiger partial charge in [-0.25, -0.2) is 9.59 Å². The summed E-state index contributed by atoms with van der Waals surface area (Å²) in [7, 11) is 1.36. The zero-order valence-corrected chi connectivity index (χ0v) is 22.5. The van der Waals surface area contributed by atoms with Crippen molar-refractivity contribution in [2.45, 2.75) is 31.0 Å². The third-order valence-corrected chi connectivity index (χ3v) is 9.61. The molecule has 0 spiro atoms. The smallest absolute Gasteiger partial charge is 0.349 e. The van der Waals surface area contributed by atoms with E-state index in [2.05, 4.69) is 0 Å². The Labute approximate surface area is 224 Å². The number of quaternary nitrogens is 1. The lowest BCUT2D eigenvalue weighted by molar-refractivity contribution is -0.946. The molecule has 2 bridgehead atoms. The Morgan fingerprint density at radius 3 is 2.38 bits per heavy atom. The van der Waals surface area contributed by atoms with Crippen molar-refractivity contribution in [1.29, 1.82) is 0 Å². The minimum Gasteiger partial charge on any atom is -0.493 e. The molecule has 1 aromatic carbocycles. The van der Waals surface area contributed by atoms with E-state index in [1.165, 1.54) is 29.8 Å². The Balaban J connectivity index is 1.20. The van der Waals surface area contributed by atoms with Crippen molar-refractivity contribution in [2.24, 2.45) is 5.92 Å². The molecule has 3 aliphatic heterocycles. The van der Waals surface area contributed by atoms with Crippen LogP contribution in [0.4, 0.5) is 0 Å². The molecular formula is C28H32NO6S2+. The van der Waals surface area contributed by atoms with Gasteiger partial charge in [0.15, 0.2) is 6.10 Å². The first-order valence-corrected chi connectivity index (χ1v) is 14.4. The van der Waals surface area contributed by atoms with Crippen molar-refractivity contribution in [3.8, 4) is 5.75 Å². The van der Waals surface area contributed by atoms with Gasteiger partial charge in [-0.1, -0.05) is 18.2 Å². The fraction of sp³-hybridized carbons (Fsp3) is 0.429. The number of carbonyl (C=O) groups is 2. The minimum atomic E-state index is -1.77. The van der Waals surface area contributed by atoms with E-state index in [-0.39, 0.29) is 12.1 Å². The number of piperidine rings is 3. The van der Waals surface area contributed by atoms with Crippen molar-refractivity contribution in [1.82, 2.24) is 0 Å². The lowest BCUT2D eigenvalue weighted by Gasteiger charge is -2.52. The van der Waals surface area contributed by atoms with Crippen molar-refractivity contribution < 1.29 is 33.4 Å². The van der Waals surface area contributed by atoms with E-state index in [1.807, 2.05) is 29.0 Å². The van der Waals surface area contributed by atoms with E-state index in [4.69, 9.17) is 14.2 Å². The maximum atomic E-state index is 13.5. The zero-order chi connectivity index (χ0) is 25.9. The molecule has 0 unspecified atom stereocenters. The summed E-state index contributed by atoms with van der Waals surface area (Å²) in [6.45, 7) is 4.36. The Hall–Kier alpha value is -2.72. The van der Waals surface area contributed by atoms with Crippen molar-refractivity contribution in [3.05, 3.63) is 74.6 Å². The highest BCUT2D eigenvalue weighted by atomic mass is 32.1. The van der Waals surface area contributed by atoms with E-state index < -0.39 is 11.6 Å². The van der Waals surface area contributed by atoms with Crippen LogP contribution in [-0.4, -0.2) is 67.5 Å². The maximum absolute atomic E-state index is 13.5. The van der Waals surface area contributed by atoms with E-state index in [1.54, 1.807) is 30.3 Å². The van der Waals surface area contributed by atoms with Gasteiger partial charge in [0, 0.05) is 25.2 Å². The standard InChI is InChI=1S/C28H32NO6S2/c1-33-26(30)21-6-2-7-22(18-21)34-15-5-12-29-13-10-20(11-14-29)23(19-29)35-27(31)28(32,24-8-3-16-36-24)25-9-4-17-37-25/h2-4,6-9,16-18,20,23,32H,5,10-15,19H2,1H3/q+1/t20?,23-,29?/m0/s1. The highest BCUT2D eigenvalue weighted by molar-refractivity contribution is 7.12. The van der Waals surface area contributed by atoms with Gasteiger partial charge in [-0.2, -0.15) is 0 Å². The topological polar surface area (TPSA) is 82.1 Å². The summed E-state index contributed by atoms with van der Waals surface area (Å²) >= 11 is 2.72. The number of methoxy groups -OCH3 is 1. The molecule has 37 heavy (non-hydrogen) atoms. The SMILES string of the molecule is COC(=O)c1cccc(OCCC[N+]23CCC(CC2)[C@@H](OC(=O)C(O)(c2cccs2)c2cccs2)C3)c1. The van der Waals surface area contributed by atoms with Gasteiger partial charge in [0.25, 0.3) is 0 Å².